The number of phenols is 1. The third-order valence-corrected chi connectivity index (χ3v) is 9.52. The number of phenolic OH excluding ortho intramolecular Hbond substituents is 1. The van der Waals surface area contributed by atoms with Crippen LogP contribution in [0.25, 0.3) is 0 Å². The molecule has 0 spiro atoms. The second kappa shape index (κ2) is 12.2. The van der Waals surface area contributed by atoms with Crippen molar-refractivity contribution in [3.63, 3.8) is 0 Å². The summed E-state index contributed by atoms with van der Waals surface area (Å²) in [6.07, 6.45) is 0. The van der Waals surface area contributed by atoms with Crippen molar-refractivity contribution in [2.45, 2.75) is 13.8 Å². The van der Waals surface area contributed by atoms with Crippen LogP contribution in [0.1, 0.15) is 25.6 Å². The molecule has 0 bridgehead atoms. The normalized spacial score (nSPS) is 12.2. The molecule has 0 heterocycles. The number of hydrogen-bond acceptors (Lipinski definition) is 6. The van der Waals surface area contributed by atoms with Crippen LogP contribution in [0.3, 0.4) is 0 Å². The van der Waals surface area contributed by atoms with Crippen molar-refractivity contribution in [1.82, 2.24) is 0 Å². The standard InChI is InChI=1S/C18H16AsI3N2O7.Na.H/c1-8(25)23-13-6-10(4-5-14(13)27)19(29,30)31-18(28)15-11(20)7-12(21)17(16(15)22)24(3)9(2)26;;/h4-7,27H,1-3H3,(H,23,25)(H,29,30);;/q;+1;-1. The van der Waals surface area contributed by atoms with Gasteiger partial charge in [-0.25, -0.2) is 0 Å². The zero-order chi connectivity index (χ0) is 23.7. The average Bonchev–Trinajstić information content (AvgIpc) is 2.61. The summed E-state index contributed by atoms with van der Waals surface area (Å²) in [4.78, 5) is 37.4. The van der Waals surface area contributed by atoms with Crippen LogP contribution in [0.5, 0.6) is 5.75 Å². The van der Waals surface area contributed by atoms with E-state index in [1.54, 1.807) is 13.1 Å². The molecule has 1 unspecified atom stereocenters. The number of carbonyl (C=O) groups is 3. The van der Waals surface area contributed by atoms with Crippen molar-refractivity contribution in [2.75, 3.05) is 17.3 Å². The van der Waals surface area contributed by atoms with Crippen molar-refractivity contribution in [3.8, 4) is 5.75 Å². The molecule has 0 aliphatic carbocycles. The van der Waals surface area contributed by atoms with Crippen LogP contribution in [0, 0.1) is 10.7 Å². The summed E-state index contributed by atoms with van der Waals surface area (Å²) in [6, 6.07) is 5.02. The van der Waals surface area contributed by atoms with Gasteiger partial charge in [-0.1, -0.05) is 0 Å². The first kappa shape index (κ1) is 30.2. The van der Waals surface area contributed by atoms with Gasteiger partial charge in [-0.15, -0.1) is 0 Å². The monoisotopic (exact) mass is 852 g/mol. The average molecular weight is 852 g/mol. The van der Waals surface area contributed by atoms with E-state index in [1.807, 2.05) is 67.8 Å². The van der Waals surface area contributed by atoms with Crippen LogP contribution in [0.2, 0.25) is 0 Å². The fraction of sp³-hybridized carbons (Fsp3) is 0.167. The Bertz CT molecular complexity index is 1150. The zero-order valence-corrected chi connectivity index (χ0v) is 27.6. The SMILES string of the molecule is CC(=O)Nc1cc([As](=O)(O)OC(=O)c2c(I)cc(I)c(N(C)C(C)=O)c2I)ccc1O.[H-].[Na+]. The van der Waals surface area contributed by atoms with Crippen LogP contribution in [0.4, 0.5) is 11.4 Å². The second-order valence-corrected chi connectivity index (χ2v) is 13.3. The van der Waals surface area contributed by atoms with Crippen molar-refractivity contribution >= 4 is 115 Å². The minimum absolute atomic E-state index is 0. The van der Waals surface area contributed by atoms with Gasteiger partial charge in [0.15, 0.2) is 0 Å². The van der Waals surface area contributed by atoms with Gasteiger partial charge < -0.3 is 1.43 Å². The molecule has 14 heteroatoms. The fourth-order valence-corrected chi connectivity index (χ4v) is 9.02. The molecule has 2 aromatic rings. The molecular weight excluding hydrogens is 835 g/mol. The number of amides is 2. The van der Waals surface area contributed by atoms with Gasteiger partial charge in [-0.2, -0.15) is 0 Å². The van der Waals surface area contributed by atoms with Gasteiger partial charge in [0.2, 0.25) is 0 Å². The molecule has 0 fully saturated rings. The molecule has 0 saturated heterocycles. The van der Waals surface area contributed by atoms with Crippen molar-refractivity contribution in [2.24, 2.45) is 0 Å². The summed E-state index contributed by atoms with van der Waals surface area (Å²) in [7, 11) is 1.56. The van der Waals surface area contributed by atoms with E-state index in [1.165, 1.54) is 18.7 Å². The van der Waals surface area contributed by atoms with Gasteiger partial charge in [-0.05, 0) is 0 Å². The number of rotatable bonds is 5. The van der Waals surface area contributed by atoms with Gasteiger partial charge in [0.1, 0.15) is 0 Å². The number of halogens is 3. The number of nitrogens with one attached hydrogen (secondary N) is 1. The summed E-state index contributed by atoms with van der Waals surface area (Å²) in [6.45, 7) is 2.59. The Hall–Kier alpha value is 0.158. The number of benzene rings is 2. The number of anilines is 2. The number of hydrogen-bond donors (Lipinski definition) is 3. The Morgan fingerprint density at radius 1 is 1.12 bits per heavy atom. The summed E-state index contributed by atoms with van der Waals surface area (Å²) in [5.41, 5.74) is 0.459. The molecule has 0 aliphatic rings. The molecule has 0 radical (unpaired) electrons. The molecule has 0 aliphatic heterocycles. The minimum atomic E-state index is -5.41. The zero-order valence-electron chi connectivity index (χ0n) is 18.3. The van der Waals surface area contributed by atoms with Crippen LogP contribution >= 0.6 is 67.8 Å². The Labute approximate surface area is 251 Å². The van der Waals surface area contributed by atoms with Crippen LogP contribution in [-0.4, -0.2) is 48.2 Å². The topological polar surface area (TPSA) is 133 Å². The molecule has 2 rings (SSSR count). The van der Waals surface area contributed by atoms with Crippen molar-refractivity contribution in [1.29, 1.82) is 0 Å². The van der Waals surface area contributed by atoms with Crippen molar-refractivity contribution < 1.29 is 62.0 Å². The molecule has 2 amide bonds. The van der Waals surface area contributed by atoms with E-state index in [9.17, 15) is 27.3 Å². The molecule has 168 valence electrons. The quantitative estimate of drug-likeness (QED) is 0.214. The molecule has 0 aromatic heterocycles. The first-order chi connectivity index (χ1) is 14.3. The fourth-order valence-electron chi connectivity index (χ4n) is 2.43. The smallest absolute Gasteiger partial charge is 1.00 e. The van der Waals surface area contributed by atoms with Crippen LogP contribution < -0.4 is 44.1 Å². The molecule has 3 N–H and O–H groups in total. The molecular formula is C18H17AsI3N2NaO7. The predicted octanol–water partition coefficient (Wildman–Crippen LogP) is -0.311. The molecule has 2 aromatic carbocycles. The van der Waals surface area contributed by atoms with E-state index in [0.29, 0.717) is 12.8 Å². The molecule has 32 heavy (non-hydrogen) atoms. The number of aromatic hydroxyl groups is 1. The van der Waals surface area contributed by atoms with Gasteiger partial charge in [0.25, 0.3) is 0 Å². The van der Waals surface area contributed by atoms with Crippen molar-refractivity contribution in [3.05, 3.63) is 40.5 Å². The van der Waals surface area contributed by atoms with E-state index < -0.39 is 26.0 Å². The van der Waals surface area contributed by atoms with Gasteiger partial charge >= 0.3 is 253 Å². The number of carbonyl (C=O) groups excluding carboxylic acids is 3. The summed E-state index contributed by atoms with van der Waals surface area (Å²) in [5, 5.41) is 12.1. The third kappa shape index (κ3) is 7.09. The van der Waals surface area contributed by atoms with E-state index >= 15 is 0 Å². The Morgan fingerprint density at radius 3 is 2.25 bits per heavy atom. The largest absolute Gasteiger partial charge is 1.00 e. The molecule has 1 atom stereocenters. The Morgan fingerprint density at radius 2 is 1.72 bits per heavy atom. The van der Waals surface area contributed by atoms with Crippen LogP contribution in [-0.2, 0) is 17.1 Å². The van der Waals surface area contributed by atoms with E-state index in [4.69, 9.17) is 3.73 Å². The maximum absolute atomic E-state index is 12.9. The minimum Gasteiger partial charge on any atom is -1.00 e. The second-order valence-electron chi connectivity index (χ2n) is 6.24. The van der Waals surface area contributed by atoms with E-state index in [2.05, 4.69) is 5.32 Å². The van der Waals surface area contributed by atoms with E-state index in [0.717, 1.165) is 21.8 Å². The number of nitrogens with zero attached hydrogens (tertiary/aromatic N) is 1. The summed E-state index contributed by atoms with van der Waals surface area (Å²) < 4.78 is 29.8. The maximum atomic E-state index is 12.9. The Kier molecular flexibility index (Phi) is 11.5. The first-order valence-corrected chi connectivity index (χ1v) is 14.9. The van der Waals surface area contributed by atoms with Crippen LogP contribution in [0.15, 0.2) is 24.3 Å². The molecule has 0 saturated carbocycles. The maximum Gasteiger partial charge on any atom is 1.00 e. The van der Waals surface area contributed by atoms with E-state index in [-0.39, 0.29) is 58.2 Å². The van der Waals surface area contributed by atoms with Gasteiger partial charge in [-0.3, -0.25) is 0 Å². The van der Waals surface area contributed by atoms with Gasteiger partial charge in [0, 0.05) is 0 Å². The first-order valence-electron chi connectivity index (χ1n) is 8.36. The van der Waals surface area contributed by atoms with Gasteiger partial charge in [0.05, 0.1) is 0 Å². The molecule has 9 nitrogen and oxygen atoms in total. The Balaban J connectivity index is 0.00000512. The predicted molar refractivity (Wildman–Crippen MR) is 141 cm³/mol. The summed E-state index contributed by atoms with van der Waals surface area (Å²) in [5.74, 6) is -2.07. The third-order valence-electron chi connectivity index (χ3n) is 3.98. The summed E-state index contributed by atoms with van der Waals surface area (Å²) >= 11 is 0.438.